The molecule has 0 aromatic rings. The lowest BCUT2D eigenvalue weighted by atomic mass is 10.1. The van der Waals surface area contributed by atoms with Gasteiger partial charge in [0.25, 0.3) is 0 Å². The van der Waals surface area contributed by atoms with E-state index in [9.17, 15) is 23.8 Å². The number of nitrogens with two attached hydrogens (primary N) is 1. The van der Waals surface area contributed by atoms with Gasteiger partial charge in [-0.2, -0.15) is 0 Å². The number of rotatable bonds is 38. The largest absolute Gasteiger partial charge is 0.480 e. The molecule has 0 aliphatic carbocycles. The quantitative estimate of drug-likeness (QED) is 0.0237. The zero-order valence-electron chi connectivity index (χ0n) is 32.7. The van der Waals surface area contributed by atoms with E-state index in [1.165, 1.54) is 64.2 Å². The van der Waals surface area contributed by atoms with Crippen molar-refractivity contribution in [1.82, 2.24) is 0 Å². The summed E-state index contributed by atoms with van der Waals surface area (Å²) in [5.41, 5.74) is 5.32. The first kappa shape index (κ1) is 50.0. The average Bonchev–Trinajstić information content (AvgIpc) is 3.12. The fraction of sp³-hybridized carbons (Fsp3) is 0.825. The van der Waals surface area contributed by atoms with Crippen LogP contribution in [0.15, 0.2) is 24.3 Å². The van der Waals surface area contributed by atoms with Gasteiger partial charge in [-0.3, -0.25) is 23.4 Å². The summed E-state index contributed by atoms with van der Waals surface area (Å²) in [6.45, 7) is 2.72. The van der Waals surface area contributed by atoms with Crippen LogP contribution in [0.25, 0.3) is 0 Å². The summed E-state index contributed by atoms with van der Waals surface area (Å²) in [6, 6.07) is -1.52. The van der Waals surface area contributed by atoms with Gasteiger partial charge in [0, 0.05) is 12.8 Å². The molecule has 0 amide bonds. The van der Waals surface area contributed by atoms with Crippen LogP contribution in [0, 0.1) is 0 Å². The number of allylic oxidation sites excluding steroid dienone is 4. The maximum Gasteiger partial charge on any atom is 0.472 e. The number of carboxylic acids is 1. The molecule has 3 atom stereocenters. The van der Waals surface area contributed by atoms with E-state index in [0.717, 1.165) is 77.0 Å². The number of esters is 2. The Bertz CT molecular complexity index is 989. The van der Waals surface area contributed by atoms with Crippen LogP contribution < -0.4 is 5.73 Å². The van der Waals surface area contributed by atoms with Gasteiger partial charge in [0.05, 0.1) is 13.2 Å². The van der Waals surface area contributed by atoms with Gasteiger partial charge in [0.1, 0.15) is 12.6 Å². The van der Waals surface area contributed by atoms with Gasteiger partial charge in [0.2, 0.25) is 0 Å². The Hall–Kier alpha value is -2.04. The lowest BCUT2D eigenvalue weighted by molar-refractivity contribution is -0.161. The third-order valence-electron chi connectivity index (χ3n) is 8.65. The van der Waals surface area contributed by atoms with Crippen molar-refractivity contribution in [1.29, 1.82) is 0 Å². The fourth-order valence-electron chi connectivity index (χ4n) is 5.41. The highest BCUT2D eigenvalue weighted by Gasteiger charge is 2.28. The third-order valence-corrected chi connectivity index (χ3v) is 9.60. The molecule has 0 radical (unpaired) electrons. The number of carbonyl (C=O) groups excluding carboxylic acids is 2. The zero-order valence-corrected chi connectivity index (χ0v) is 33.5. The minimum Gasteiger partial charge on any atom is -0.480 e. The van der Waals surface area contributed by atoms with Gasteiger partial charge in [-0.15, -0.1) is 0 Å². The van der Waals surface area contributed by atoms with Crippen LogP contribution in [-0.4, -0.2) is 59.9 Å². The molecule has 3 unspecified atom stereocenters. The van der Waals surface area contributed by atoms with E-state index in [0.29, 0.717) is 12.8 Å². The summed E-state index contributed by atoms with van der Waals surface area (Å²) >= 11 is 0. The van der Waals surface area contributed by atoms with Crippen LogP contribution in [0.5, 0.6) is 0 Å². The third kappa shape index (κ3) is 35.0. The Balaban J connectivity index is 4.36. The standard InChI is InChI=1S/C40H74NO10P/c1-3-5-7-9-11-13-15-16-17-18-19-20-21-22-24-26-28-30-32-39(43)51-36(34-49-52(46,47)50-35-37(41)40(44)45)33-48-38(42)31-29-27-25-23-14-12-10-8-6-4-2/h8,10,17-18,36-37H,3-7,9,11-16,19-35,41H2,1-2H3,(H,44,45)(H,46,47)/b10-8-,18-17-. The van der Waals surface area contributed by atoms with E-state index in [1.807, 2.05) is 0 Å². The molecule has 0 rings (SSSR count). The first-order chi connectivity index (χ1) is 25.1. The molecule has 0 spiro atoms. The molecule has 0 aromatic carbocycles. The molecule has 0 aromatic heterocycles. The summed E-state index contributed by atoms with van der Waals surface area (Å²) in [7, 11) is -4.71. The molecule has 304 valence electrons. The molecule has 0 saturated carbocycles. The molecule has 52 heavy (non-hydrogen) atoms. The van der Waals surface area contributed by atoms with Crippen molar-refractivity contribution in [3.05, 3.63) is 24.3 Å². The van der Waals surface area contributed by atoms with Gasteiger partial charge in [-0.25, -0.2) is 4.57 Å². The van der Waals surface area contributed by atoms with Gasteiger partial charge >= 0.3 is 25.7 Å². The molecular weight excluding hydrogens is 685 g/mol. The number of phosphoric ester groups is 1. The van der Waals surface area contributed by atoms with Crippen molar-refractivity contribution in [3.63, 3.8) is 0 Å². The number of carbonyl (C=O) groups is 3. The maximum absolute atomic E-state index is 12.6. The van der Waals surface area contributed by atoms with E-state index in [2.05, 4.69) is 42.7 Å². The highest BCUT2D eigenvalue weighted by Crippen LogP contribution is 2.43. The molecule has 0 saturated heterocycles. The molecule has 0 aliphatic rings. The van der Waals surface area contributed by atoms with Gasteiger partial charge in [-0.05, 0) is 57.8 Å². The van der Waals surface area contributed by atoms with Crippen molar-refractivity contribution in [2.24, 2.45) is 5.73 Å². The molecule has 4 N–H and O–H groups in total. The Kier molecular flexibility index (Phi) is 34.6. The first-order valence-electron chi connectivity index (χ1n) is 20.4. The van der Waals surface area contributed by atoms with Crippen molar-refractivity contribution in [3.8, 4) is 0 Å². The lowest BCUT2D eigenvalue weighted by Crippen LogP contribution is -2.34. The molecule has 0 heterocycles. The van der Waals surface area contributed by atoms with E-state index in [1.54, 1.807) is 0 Å². The number of hydrogen-bond acceptors (Lipinski definition) is 9. The van der Waals surface area contributed by atoms with Gasteiger partial charge < -0.3 is 25.2 Å². The van der Waals surface area contributed by atoms with Crippen molar-refractivity contribution in [2.45, 2.75) is 193 Å². The smallest absolute Gasteiger partial charge is 0.472 e. The number of unbranched alkanes of at least 4 members (excludes halogenated alkanes) is 20. The topological polar surface area (TPSA) is 172 Å². The minimum absolute atomic E-state index is 0.156. The van der Waals surface area contributed by atoms with E-state index in [4.69, 9.17) is 24.8 Å². The molecule has 0 fully saturated rings. The van der Waals surface area contributed by atoms with Gasteiger partial charge in [0.15, 0.2) is 6.10 Å². The maximum atomic E-state index is 12.6. The second-order valence-corrected chi connectivity index (χ2v) is 15.2. The van der Waals surface area contributed by atoms with Crippen LogP contribution >= 0.6 is 7.82 Å². The summed E-state index contributed by atoms with van der Waals surface area (Å²) < 4.78 is 32.6. The summed E-state index contributed by atoms with van der Waals surface area (Å²) in [5.74, 6) is -2.40. The second-order valence-electron chi connectivity index (χ2n) is 13.8. The number of ether oxygens (including phenoxy) is 2. The SMILES string of the molecule is CCC/C=C\CCCCCCCC(=O)OCC(COP(=O)(O)OCC(N)C(=O)O)OC(=O)CCCCCCCCC/C=C\CCCCCCCCC. The lowest BCUT2D eigenvalue weighted by Gasteiger charge is -2.20. The van der Waals surface area contributed by atoms with Crippen molar-refractivity contribution < 1.29 is 47.5 Å². The van der Waals surface area contributed by atoms with E-state index < -0.39 is 51.1 Å². The molecular formula is C40H74NO10P. The van der Waals surface area contributed by atoms with Crippen molar-refractivity contribution >= 4 is 25.7 Å². The number of aliphatic carboxylic acids is 1. The van der Waals surface area contributed by atoms with Crippen molar-refractivity contribution in [2.75, 3.05) is 19.8 Å². The Morgan fingerprint density at radius 1 is 0.577 bits per heavy atom. The Morgan fingerprint density at radius 2 is 1.00 bits per heavy atom. The summed E-state index contributed by atoms with van der Waals surface area (Å²) in [4.78, 5) is 45.8. The first-order valence-corrected chi connectivity index (χ1v) is 21.9. The molecule has 0 aliphatic heterocycles. The number of carboxylic acid groups (broad SMARTS) is 1. The normalized spacial score (nSPS) is 14.1. The fourth-order valence-corrected chi connectivity index (χ4v) is 6.19. The summed E-state index contributed by atoms with van der Waals surface area (Å²) in [6.07, 6.45) is 35.4. The number of hydrogen-bond donors (Lipinski definition) is 3. The monoisotopic (exact) mass is 760 g/mol. The van der Waals surface area contributed by atoms with E-state index >= 15 is 0 Å². The Labute approximate surface area is 315 Å². The highest BCUT2D eigenvalue weighted by atomic mass is 31.2. The van der Waals surface area contributed by atoms with Crippen LogP contribution in [0.4, 0.5) is 0 Å². The predicted molar refractivity (Wildman–Crippen MR) is 208 cm³/mol. The average molecular weight is 760 g/mol. The molecule has 12 heteroatoms. The predicted octanol–water partition coefficient (Wildman–Crippen LogP) is 10.3. The highest BCUT2D eigenvalue weighted by molar-refractivity contribution is 7.47. The minimum atomic E-state index is -4.71. The molecule has 0 bridgehead atoms. The van der Waals surface area contributed by atoms with Crippen LogP contribution in [0.3, 0.4) is 0 Å². The van der Waals surface area contributed by atoms with Crippen LogP contribution in [0.1, 0.15) is 181 Å². The summed E-state index contributed by atoms with van der Waals surface area (Å²) in [5, 5.41) is 8.86. The van der Waals surface area contributed by atoms with E-state index in [-0.39, 0.29) is 19.4 Å². The second kappa shape index (κ2) is 36.0. The Morgan fingerprint density at radius 3 is 1.48 bits per heavy atom. The van der Waals surface area contributed by atoms with Gasteiger partial charge in [-0.1, -0.05) is 134 Å². The van der Waals surface area contributed by atoms with Crippen LogP contribution in [-0.2, 0) is 37.5 Å². The zero-order chi connectivity index (χ0) is 38.5. The van der Waals surface area contributed by atoms with Crippen LogP contribution in [0.2, 0.25) is 0 Å². The molecule has 11 nitrogen and oxygen atoms in total. The number of phosphoric acid groups is 1.